The maximum Gasteiger partial charge on any atom is 0.178 e. The van der Waals surface area contributed by atoms with Crippen molar-refractivity contribution in [1.29, 1.82) is 0 Å². The van der Waals surface area contributed by atoms with E-state index in [0.717, 1.165) is 66.2 Å². The zero-order valence-corrected chi connectivity index (χ0v) is 25.4. The smallest absolute Gasteiger partial charge is 0.178 e. The second-order valence-corrected chi connectivity index (χ2v) is 13.2. The van der Waals surface area contributed by atoms with Crippen LogP contribution in [0.4, 0.5) is 4.39 Å². The molecule has 5 aromatic carbocycles. The monoisotopic (exact) mass is 580 g/mol. The maximum absolute atomic E-state index is 14.2. The lowest BCUT2D eigenvalue weighted by Gasteiger charge is -2.38. The van der Waals surface area contributed by atoms with E-state index in [1.165, 1.54) is 51.8 Å². The van der Waals surface area contributed by atoms with Crippen molar-refractivity contribution in [3.8, 4) is 16.9 Å². The van der Waals surface area contributed by atoms with E-state index in [2.05, 4.69) is 98.8 Å². The number of rotatable bonds is 5. The van der Waals surface area contributed by atoms with E-state index in [9.17, 15) is 4.39 Å². The molecular weight excluding hydrogens is 543 g/mol. The van der Waals surface area contributed by atoms with Gasteiger partial charge in [0.25, 0.3) is 0 Å². The quantitative estimate of drug-likeness (QED) is 0.206. The zero-order chi connectivity index (χ0) is 29.9. The Hall–Kier alpha value is -4.21. The van der Waals surface area contributed by atoms with Gasteiger partial charge in [-0.3, -0.25) is 0 Å². The minimum atomic E-state index is -0.896. The number of hydrogen-bond acceptors (Lipinski definition) is 2. The molecule has 1 fully saturated rings. The highest BCUT2D eigenvalue weighted by atomic mass is 19.1. The molecule has 2 nitrogen and oxygen atoms in total. The second-order valence-electron chi connectivity index (χ2n) is 13.2. The van der Waals surface area contributed by atoms with Crippen molar-refractivity contribution in [2.24, 2.45) is 5.92 Å². The summed E-state index contributed by atoms with van der Waals surface area (Å²) >= 11 is 0. The molecule has 1 aliphatic carbocycles. The van der Waals surface area contributed by atoms with Crippen LogP contribution in [0.5, 0.6) is 5.75 Å². The van der Waals surface area contributed by atoms with Crippen molar-refractivity contribution in [3.63, 3.8) is 0 Å². The molecule has 3 aliphatic rings. The summed E-state index contributed by atoms with van der Waals surface area (Å²) in [7, 11) is 0. The molecule has 0 bridgehead atoms. The molecule has 1 unspecified atom stereocenters. The van der Waals surface area contributed by atoms with Crippen molar-refractivity contribution in [2.75, 3.05) is 13.2 Å². The molecule has 0 amide bonds. The molecule has 2 aliphatic heterocycles. The molecule has 3 heteroatoms. The van der Waals surface area contributed by atoms with Crippen LogP contribution in [0.1, 0.15) is 66.5 Å². The lowest BCUT2D eigenvalue weighted by molar-refractivity contribution is 0.0640. The summed E-state index contributed by atoms with van der Waals surface area (Å²) in [6, 6.07) is 33.1. The van der Waals surface area contributed by atoms with Gasteiger partial charge < -0.3 is 9.47 Å². The number of benzene rings is 5. The first kappa shape index (κ1) is 27.3. The Morgan fingerprint density at radius 3 is 2.18 bits per heavy atom. The van der Waals surface area contributed by atoms with Crippen LogP contribution in [0.25, 0.3) is 28.0 Å². The molecule has 8 rings (SSSR count). The van der Waals surface area contributed by atoms with Crippen molar-refractivity contribution in [3.05, 3.63) is 142 Å². The van der Waals surface area contributed by atoms with Crippen LogP contribution in [0, 0.1) is 11.7 Å². The number of fused-ring (bicyclic) bond motifs is 8. The Labute approximate surface area is 259 Å². The largest absolute Gasteiger partial charge is 0.472 e. The third-order valence-corrected chi connectivity index (χ3v) is 10.3. The first-order valence-electron chi connectivity index (χ1n) is 16.0. The molecular formula is C41H37FO2. The summed E-state index contributed by atoms with van der Waals surface area (Å²) in [6.45, 7) is 6.41. The van der Waals surface area contributed by atoms with Gasteiger partial charge in [0.05, 0.1) is 0 Å². The minimum Gasteiger partial charge on any atom is -0.472 e. The average Bonchev–Trinajstić information content (AvgIpc) is 3.31. The van der Waals surface area contributed by atoms with Gasteiger partial charge in [-0.1, -0.05) is 105 Å². The fourth-order valence-corrected chi connectivity index (χ4v) is 7.90. The van der Waals surface area contributed by atoms with Crippen LogP contribution in [0.3, 0.4) is 0 Å². The van der Waals surface area contributed by atoms with Gasteiger partial charge in [0.2, 0.25) is 0 Å². The van der Waals surface area contributed by atoms with Crippen LogP contribution < -0.4 is 4.74 Å². The zero-order valence-electron chi connectivity index (χ0n) is 25.4. The number of aryl methyl sites for hydroxylation is 1. The molecule has 220 valence electrons. The van der Waals surface area contributed by atoms with Gasteiger partial charge in [0, 0.05) is 40.7 Å². The van der Waals surface area contributed by atoms with Crippen LogP contribution in [-0.2, 0) is 22.2 Å². The van der Waals surface area contributed by atoms with E-state index in [1.54, 1.807) is 0 Å². The van der Waals surface area contributed by atoms with Crippen LogP contribution in [0.2, 0.25) is 0 Å². The van der Waals surface area contributed by atoms with E-state index >= 15 is 0 Å². The van der Waals surface area contributed by atoms with Gasteiger partial charge in [-0.25, -0.2) is 4.39 Å². The molecule has 0 radical (unpaired) electrons. The van der Waals surface area contributed by atoms with Crippen molar-refractivity contribution in [2.45, 2.75) is 50.5 Å². The lowest BCUT2D eigenvalue weighted by Crippen LogP contribution is -2.35. The minimum absolute atomic E-state index is 0.185. The predicted molar refractivity (Wildman–Crippen MR) is 177 cm³/mol. The summed E-state index contributed by atoms with van der Waals surface area (Å²) in [5.74, 6) is 1.37. The third kappa shape index (κ3) is 4.24. The highest BCUT2D eigenvalue weighted by molar-refractivity contribution is 6.08. The van der Waals surface area contributed by atoms with Gasteiger partial charge in [-0.2, -0.15) is 0 Å². The molecule has 1 atom stereocenters. The standard InChI is InChI=1S/C41H37FO2/c1-40(2)36-10-6-5-9-34(36)37-32-7-3-4-8-33(32)39-35(38(37)40)21-24-41(44-39,30-17-19-31(42)20-18-30)29-15-13-27(14-16-29)11-12-28-22-25-43-26-23-28/h3-10,13-21,24,28H,11-12,22-23,25-26H2,1-2H3. The molecule has 44 heavy (non-hydrogen) atoms. The van der Waals surface area contributed by atoms with Crippen LogP contribution >= 0.6 is 0 Å². The van der Waals surface area contributed by atoms with E-state index in [-0.39, 0.29) is 11.2 Å². The maximum atomic E-state index is 14.2. The number of halogens is 1. The Balaban J connectivity index is 1.27. The fourth-order valence-electron chi connectivity index (χ4n) is 7.90. The van der Waals surface area contributed by atoms with Crippen molar-refractivity contribution >= 4 is 16.8 Å². The summed E-state index contributed by atoms with van der Waals surface area (Å²) < 4.78 is 27.1. The summed E-state index contributed by atoms with van der Waals surface area (Å²) in [6.07, 6.45) is 9.01. The summed E-state index contributed by atoms with van der Waals surface area (Å²) in [5.41, 5.74) is 8.57. The second kappa shape index (κ2) is 10.5. The Kier molecular flexibility index (Phi) is 6.50. The van der Waals surface area contributed by atoms with Gasteiger partial charge in [-0.15, -0.1) is 0 Å². The summed E-state index contributed by atoms with van der Waals surface area (Å²) in [5, 5.41) is 2.30. The van der Waals surface area contributed by atoms with E-state index in [0.29, 0.717) is 0 Å². The highest BCUT2D eigenvalue weighted by Gasteiger charge is 2.44. The first-order valence-corrected chi connectivity index (χ1v) is 16.0. The van der Waals surface area contributed by atoms with E-state index < -0.39 is 5.60 Å². The molecule has 1 saturated heterocycles. The molecule has 0 spiro atoms. The van der Waals surface area contributed by atoms with Gasteiger partial charge >= 0.3 is 0 Å². The summed E-state index contributed by atoms with van der Waals surface area (Å²) in [4.78, 5) is 0. The molecule has 0 aromatic heterocycles. The normalized spacial score (nSPS) is 20.2. The Morgan fingerprint density at radius 2 is 1.43 bits per heavy atom. The van der Waals surface area contributed by atoms with Crippen molar-refractivity contribution < 1.29 is 13.9 Å². The topological polar surface area (TPSA) is 18.5 Å². The van der Waals surface area contributed by atoms with E-state index in [1.807, 2.05) is 12.1 Å². The van der Waals surface area contributed by atoms with Crippen LogP contribution in [0.15, 0.2) is 103 Å². The van der Waals surface area contributed by atoms with Crippen LogP contribution in [-0.4, -0.2) is 13.2 Å². The predicted octanol–water partition coefficient (Wildman–Crippen LogP) is 9.99. The Morgan fingerprint density at radius 1 is 0.773 bits per heavy atom. The van der Waals surface area contributed by atoms with E-state index in [4.69, 9.17) is 9.47 Å². The lowest BCUT2D eigenvalue weighted by atomic mass is 9.76. The van der Waals surface area contributed by atoms with Crippen molar-refractivity contribution in [1.82, 2.24) is 0 Å². The number of hydrogen-bond donors (Lipinski definition) is 0. The molecule has 2 heterocycles. The van der Waals surface area contributed by atoms with Gasteiger partial charge in [0.15, 0.2) is 5.60 Å². The first-order chi connectivity index (χ1) is 21.5. The van der Waals surface area contributed by atoms with Gasteiger partial charge in [0.1, 0.15) is 11.6 Å². The Bertz CT molecular complexity index is 1890. The fraction of sp³-hybridized carbons (Fsp3) is 0.268. The molecule has 5 aromatic rings. The average molecular weight is 581 g/mol. The third-order valence-electron chi connectivity index (χ3n) is 10.3. The molecule has 0 N–H and O–H groups in total. The van der Waals surface area contributed by atoms with Gasteiger partial charge in [-0.05, 0) is 83.0 Å². The SMILES string of the molecule is CC1(C)c2ccccc2-c2c1c1c(c3ccccc23)OC(c2ccc(F)cc2)(c2ccc(CCC3CCOCC3)cc2)C=C1. The number of ether oxygens (including phenoxy) is 2. The molecule has 0 saturated carbocycles. The highest BCUT2D eigenvalue weighted by Crippen LogP contribution is 2.58.